The molecule has 0 aliphatic carbocycles. The number of carbonyl (C=O) groups is 1. The number of thiazole rings is 1. The molecule has 0 radical (unpaired) electrons. The van der Waals surface area contributed by atoms with Crippen LogP contribution in [-0.2, 0) is 10.5 Å². The van der Waals surface area contributed by atoms with Gasteiger partial charge in [0.1, 0.15) is 0 Å². The molecule has 1 amide bonds. The Balaban J connectivity index is 1.86. The molecule has 2 aromatic heterocycles. The van der Waals surface area contributed by atoms with E-state index in [0.717, 1.165) is 16.8 Å². The molecule has 3 aromatic rings. The van der Waals surface area contributed by atoms with Gasteiger partial charge in [-0.3, -0.25) is 9.69 Å². The molecule has 1 aromatic carbocycles. The van der Waals surface area contributed by atoms with Gasteiger partial charge in [-0.05, 0) is 31.0 Å². The Bertz CT molecular complexity index is 931. The molecule has 0 saturated heterocycles. The molecule has 26 heavy (non-hydrogen) atoms. The van der Waals surface area contributed by atoms with Gasteiger partial charge >= 0.3 is 0 Å². The first-order valence-corrected chi connectivity index (χ1v) is 9.92. The number of amides is 1. The van der Waals surface area contributed by atoms with Crippen LogP contribution in [0, 0.1) is 13.8 Å². The Morgan fingerprint density at radius 1 is 1.38 bits per heavy atom. The van der Waals surface area contributed by atoms with E-state index in [-0.39, 0.29) is 11.9 Å². The lowest BCUT2D eigenvalue weighted by Crippen LogP contribution is -2.24. The van der Waals surface area contributed by atoms with Gasteiger partial charge in [0.2, 0.25) is 17.0 Å². The quantitative estimate of drug-likeness (QED) is 0.616. The second kappa shape index (κ2) is 7.65. The lowest BCUT2D eigenvalue weighted by molar-refractivity contribution is -0.115. The fraction of sp³-hybridized carbons (Fsp3) is 0.250. The van der Waals surface area contributed by atoms with Crippen LogP contribution in [0.3, 0.4) is 0 Å². The second-order valence-electron chi connectivity index (χ2n) is 5.68. The Labute approximate surface area is 164 Å². The number of aromatic amines is 1. The number of aryl methyl sites for hydroxylation is 2. The van der Waals surface area contributed by atoms with Gasteiger partial charge in [-0.15, -0.1) is 16.4 Å². The third-order valence-electron chi connectivity index (χ3n) is 3.50. The molecule has 0 saturated carbocycles. The summed E-state index contributed by atoms with van der Waals surface area (Å²) < 4.78 is 0. The standard InChI is InChI=1S/C16H17ClN6OS2/c1-8-4-9(2)13(12(17)5-8)23(10(3)24)16-19-11(7-26-16)6-25-15-20-14(18)21-22-15/h4-5,7H,6H2,1-3H3,(H3,18,20,21,22). The molecule has 3 rings (SSSR count). The highest BCUT2D eigenvalue weighted by Gasteiger charge is 2.22. The summed E-state index contributed by atoms with van der Waals surface area (Å²) in [5, 5.41) is 10.1. The number of aromatic nitrogens is 4. The second-order valence-corrected chi connectivity index (χ2v) is 7.87. The van der Waals surface area contributed by atoms with Crippen LogP contribution in [0.4, 0.5) is 16.8 Å². The zero-order valence-electron chi connectivity index (χ0n) is 14.4. The zero-order valence-corrected chi connectivity index (χ0v) is 16.8. The maximum Gasteiger partial charge on any atom is 0.230 e. The van der Waals surface area contributed by atoms with E-state index in [9.17, 15) is 4.79 Å². The van der Waals surface area contributed by atoms with E-state index in [1.165, 1.54) is 30.0 Å². The van der Waals surface area contributed by atoms with Crippen molar-refractivity contribution in [2.24, 2.45) is 0 Å². The van der Waals surface area contributed by atoms with Crippen LogP contribution >= 0.6 is 34.7 Å². The topological polar surface area (TPSA) is 101 Å². The number of nitrogens with zero attached hydrogens (tertiary/aromatic N) is 4. The predicted octanol–water partition coefficient (Wildman–Crippen LogP) is 4.09. The average Bonchev–Trinajstić information content (AvgIpc) is 3.17. The van der Waals surface area contributed by atoms with Gasteiger partial charge in [-0.1, -0.05) is 29.4 Å². The lowest BCUT2D eigenvalue weighted by Gasteiger charge is -2.22. The average molecular weight is 409 g/mol. The van der Waals surface area contributed by atoms with Crippen molar-refractivity contribution in [1.82, 2.24) is 20.2 Å². The molecule has 0 spiro atoms. The van der Waals surface area contributed by atoms with Crippen LogP contribution < -0.4 is 10.6 Å². The van der Waals surface area contributed by atoms with Crippen LogP contribution in [0.25, 0.3) is 0 Å². The van der Waals surface area contributed by atoms with Crippen LogP contribution in [0.1, 0.15) is 23.7 Å². The number of nitrogen functional groups attached to an aromatic ring is 1. The summed E-state index contributed by atoms with van der Waals surface area (Å²) >= 11 is 9.23. The van der Waals surface area contributed by atoms with Crippen molar-refractivity contribution in [3.8, 4) is 0 Å². The summed E-state index contributed by atoms with van der Waals surface area (Å²) in [4.78, 5) is 22.5. The van der Waals surface area contributed by atoms with Crippen LogP contribution in [0.15, 0.2) is 22.7 Å². The minimum absolute atomic E-state index is 0.144. The first-order valence-electron chi connectivity index (χ1n) is 7.67. The third kappa shape index (κ3) is 4.00. The number of halogens is 1. The summed E-state index contributed by atoms with van der Waals surface area (Å²) in [6.45, 7) is 5.40. The van der Waals surface area contributed by atoms with E-state index >= 15 is 0 Å². The monoisotopic (exact) mass is 408 g/mol. The molecule has 3 N–H and O–H groups in total. The molecule has 2 heterocycles. The molecule has 0 fully saturated rings. The number of carbonyl (C=O) groups excluding carboxylic acids is 1. The molecule has 0 bridgehead atoms. The SMILES string of the molecule is CC(=O)N(c1nc(CSc2n[nH]c(N)n2)cs1)c1c(C)cc(C)cc1Cl. The largest absolute Gasteiger partial charge is 0.368 e. The first-order chi connectivity index (χ1) is 12.3. The van der Waals surface area contributed by atoms with Crippen molar-refractivity contribution in [3.63, 3.8) is 0 Å². The summed E-state index contributed by atoms with van der Waals surface area (Å²) in [6.07, 6.45) is 0. The smallest absolute Gasteiger partial charge is 0.230 e. The molecule has 136 valence electrons. The van der Waals surface area contributed by atoms with Gasteiger partial charge in [0.25, 0.3) is 0 Å². The number of thioether (sulfide) groups is 1. The van der Waals surface area contributed by atoms with E-state index in [1.54, 1.807) is 4.90 Å². The Hall–Kier alpha value is -2.10. The molecule has 7 nitrogen and oxygen atoms in total. The van der Waals surface area contributed by atoms with E-state index in [1.807, 2.05) is 31.4 Å². The number of hydrogen-bond donors (Lipinski definition) is 2. The minimum Gasteiger partial charge on any atom is -0.368 e. The Morgan fingerprint density at radius 3 is 2.77 bits per heavy atom. The van der Waals surface area contributed by atoms with E-state index in [4.69, 9.17) is 17.3 Å². The normalized spacial score (nSPS) is 10.9. The van der Waals surface area contributed by atoms with Crippen LogP contribution in [-0.4, -0.2) is 26.1 Å². The lowest BCUT2D eigenvalue weighted by atomic mass is 10.1. The first kappa shape index (κ1) is 18.7. The number of nitrogens with two attached hydrogens (primary N) is 1. The number of hydrogen-bond acceptors (Lipinski definition) is 7. The minimum atomic E-state index is -0.144. The molecule has 0 atom stereocenters. The predicted molar refractivity (Wildman–Crippen MR) is 106 cm³/mol. The van der Waals surface area contributed by atoms with Crippen molar-refractivity contribution in [1.29, 1.82) is 0 Å². The maximum absolute atomic E-state index is 12.3. The summed E-state index contributed by atoms with van der Waals surface area (Å²) in [6, 6.07) is 3.84. The molecular formula is C16H17ClN6OS2. The van der Waals surface area contributed by atoms with Crippen molar-refractivity contribution >= 4 is 57.4 Å². The van der Waals surface area contributed by atoms with Gasteiger partial charge in [0.15, 0.2) is 5.13 Å². The van der Waals surface area contributed by atoms with E-state index < -0.39 is 0 Å². The molecule has 10 heteroatoms. The molecule has 0 unspecified atom stereocenters. The Morgan fingerprint density at radius 2 is 2.15 bits per heavy atom. The summed E-state index contributed by atoms with van der Waals surface area (Å²) in [5.74, 6) is 0.702. The van der Waals surface area contributed by atoms with Crippen molar-refractivity contribution in [3.05, 3.63) is 39.4 Å². The van der Waals surface area contributed by atoms with Gasteiger partial charge in [0, 0.05) is 18.1 Å². The highest BCUT2D eigenvalue weighted by molar-refractivity contribution is 7.98. The molecule has 0 aliphatic heterocycles. The van der Waals surface area contributed by atoms with Gasteiger partial charge < -0.3 is 5.73 Å². The van der Waals surface area contributed by atoms with Crippen molar-refractivity contribution in [2.75, 3.05) is 10.6 Å². The molecular weight excluding hydrogens is 392 g/mol. The highest BCUT2D eigenvalue weighted by atomic mass is 35.5. The number of H-pyrrole nitrogens is 1. The number of rotatable bonds is 5. The number of benzene rings is 1. The van der Waals surface area contributed by atoms with Crippen molar-refractivity contribution < 1.29 is 4.79 Å². The highest BCUT2D eigenvalue weighted by Crippen LogP contribution is 2.37. The number of nitrogens with one attached hydrogen (secondary N) is 1. The van der Waals surface area contributed by atoms with E-state index in [0.29, 0.717) is 26.8 Å². The van der Waals surface area contributed by atoms with Gasteiger partial charge in [0.05, 0.1) is 16.4 Å². The molecule has 0 aliphatic rings. The fourth-order valence-corrected chi connectivity index (χ4v) is 4.59. The summed E-state index contributed by atoms with van der Waals surface area (Å²) in [5.41, 5.74) is 8.97. The van der Waals surface area contributed by atoms with Crippen molar-refractivity contribution in [2.45, 2.75) is 31.7 Å². The zero-order chi connectivity index (χ0) is 18.8. The third-order valence-corrected chi connectivity index (χ3v) is 5.54. The number of anilines is 3. The van der Waals surface area contributed by atoms with Gasteiger partial charge in [-0.25, -0.2) is 10.1 Å². The van der Waals surface area contributed by atoms with Crippen LogP contribution in [0.2, 0.25) is 5.02 Å². The summed E-state index contributed by atoms with van der Waals surface area (Å²) in [7, 11) is 0. The van der Waals surface area contributed by atoms with Gasteiger partial charge in [-0.2, -0.15) is 4.98 Å². The maximum atomic E-state index is 12.3. The Kier molecular flexibility index (Phi) is 5.49. The fourth-order valence-electron chi connectivity index (χ4n) is 2.51. The van der Waals surface area contributed by atoms with Crippen LogP contribution in [0.5, 0.6) is 0 Å². The van der Waals surface area contributed by atoms with E-state index in [2.05, 4.69) is 20.2 Å².